The molecule has 1 aliphatic rings. The molecule has 1 aromatic carbocycles. The zero-order valence-corrected chi connectivity index (χ0v) is 17.4. The highest BCUT2D eigenvalue weighted by molar-refractivity contribution is 5.92. The first-order valence-corrected chi connectivity index (χ1v) is 10.5. The number of carbonyl (C=O) groups excluding carboxylic acids is 1. The van der Waals surface area contributed by atoms with Crippen LogP contribution < -0.4 is 10.2 Å². The maximum atomic E-state index is 12.8. The molecule has 4 heterocycles. The van der Waals surface area contributed by atoms with Crippen LogP contribution in [0.3, 0.4) is 0 Å². The van der Waals surface area contributed by atoms with Gasteiger partial charge in [-0.05, 0) is 31.0 Å². The molecule has 9 heteroatoms. The van der Waals surface area contributed by atoms with Crippen LogP contribution in [0.15, 0.2) is 73.3 Å². The Morgan fingerprint density at radius 2 is 1.78 bits per heavy atom. The fourth-order valence-corrected chi connectivity index (χ4v) is 3.80. The number of aromatic nitrogens is 6. The molecule has 1 N–H and O–H groups in total. The van der Waals surface area contributed by atoms with Gasteiger partial charge in [0.05, 0.1) is 5.69 Å². The number of hydrogen-bond acceptors (Lipinski definition) is 7. The highest BCUT2D eigenvalue weighted by Crippen LogP contribution is 2.24. The number of piperidine rings is 1. The van der Waals surface area contributed by atoms with Crippen LogP contribution in [0.5, 0.6) is 0 Å². The molecule has 3 aromatic heterocycles. The monoisotopic (exact) mass is 426 g/mol. The van der Waals surface area contributed by atoms with E-state index in [4.69, 9.17) is 0 Å². The van der Waals surface area contributed by atoms with Crippen molar-refractivity contribution in [3.8, 4) is 17.1 Å². The van der Waals surface area contributed by atoms with Gasteiger partial charge in [-0.15, -0.1) is 10.2 Å². The summed E-state index contributed by atoms with van der Waals surface area (Å²) >= 11 is 0. The smallest absolute Gasteiger partial charge is 0.228 e. The van der Waals surface area contributed by atoms with E-state index in [9.17, 15) is 4.79 Å². The molecule has 1 saturated heterocycles. The minimum Gasteiger partial charge on any atom is -0.355 e. The number of rotatable bonds is 5. The summed E-state index contributed by atoms with van der Waals surface area (Å²) in [6, 6.07) is 17.5. The van der Waals surface area contributed by atoms with Crippen molar-refractivity contribution in [2.45, 2.75) is 12.8 Å². The molecule has 1 aliphatic heterocycles. The van der Waals surface area contributed by atoms with Crippen LogP contribution in [-0.2, 0) is 4.79 Å². The Morgan fingerprint density at radius 3 is 2.50 bits per heavy atom. The standard InChI is InChI=1S/C23H22N8O/c32-23(27-20-15-22(25-16-24-20)31-12-4-11-26-31)18-9-13-30(14-10-18)21-8-7-19(28-29-21)17-5-2-1-3-6-17/h1-8,11-12,15-16,18H,9-10,13-14H2,(H,24,25,27,32). The summed E-state index contributed by atoms with van der Waals surface area (Å²) in [6.45, 7) is 1.50. The third-order valence-corrected chi connectivity index (χ3v) is 5.55. The fourth-order valence-electron chi connectivity index (χ4n) is 3.80. The molecule has 1 fully saturated rings. The highest BCUT2D eigenvalue weighted by atomic mass is 16.2. The van der Waals surface area contributed by atoms with Crippen molar-refractivity contribution in [3.05, 3.63) is 73.3 Å². The van der Waals surface area contributed by atoms with Crippen LogP contribution in [0.25, 0.3) is 17.1 Å². The summed E-state index contributed by atoms with van der Waals surface area (Å²) in [6.07, 6.45) is 6.37. The van der Waals surface area contributed by atoms with Gasteiger partial charge >= 0.3 is 0 Å². The van der Waals surface area contributed by atoms with Crippen LogP contribution in [0.2, 0.25) is 0 Å². The summed E-state index contributed by atoms with van der Waals surface area (Å²) in [5, 5.41) is 15.8. The average molecular weight is 426 g/mol. The normalized spacial score (nSPS) is 14.3. The van der Waals surface area contributed by atoms with Crippen LogP contribution in [0.4, 0.5) is 11.6 Å². The van der Waals surface area contributed by atoms with E-state index in [1.54, 1.807) is 23.1 Å². The van der Waals surface area contributed by atoms with Crippen molar-refractivity contribution < 1.29 is 4.79 Å². The third kappa shape index (κ3) is 4.31. The molecule has 0 saturated carbocycles. The van der Waals surface area contributed by atoms with E-state index in [-0.39, 0.29) is 11.8 Å². The molecule has 0 spiro atoms. The SMILES string of the molecule is O=C(Nc1cc(-n2cccn2)ncn1)C1CCN(c2ccc(-c3ccccc3)nn2)CC1. The number of amides is 1. The van der Waals surface area contributed by atoms with Crippen molar-refractivity contribution >= 4 is 17.5 Å². The molecule has 9 nitrogen and oxygen atoms in total. The third-order valence-electron chi connectivity index (χ3n) is 5.55. The first-order chi connectivity index (χ1) is 15.8. The number of carbonyl (C=O) groups is 1. The lowest BCUT2D eigenvalue weighted by Crippen LogP contribution is -2.38. The summed E-state index contributed by atoms with van der Waals surface area (Å²) in [5.74, 6) is 1.81. The number of anilines is 2. The Morgan fingerprint density at radius 1 is 0.938 bits per heavy atom. The molecule has 5 rings (SSSR count). The largest absolute Gasteiger partial charge is 0.355 e. The van der Waals surface area contributed by atoms with Gasteiger partial charge in [0.2, 0.25) is 5.91 Å². The van der Waals surface area contributed by atoms with E-state index in [0.29, 0.717) is 11.6 Å². The Kier molecular flexibility index (Phi) is 5.52. The average Bonchev–Trinajstić information content (AvgIpc) is 3.40. The zero-order valence-electron chi connectivity index (χ0n) is 17.4. The number of nitrogens with one attached hydrogen (secondary N) is 1. The number of benzene rings is 1. The van der Waals surface area contributed by atoms with Crippen molar-refractivity contribution in [2.24, 2.45) is 5.92 Å². The zero-order chi connectivity index (χ0) is 21.8. The first-order valence-electron chi connectivity index (χ1n) is 10.5. The van der Waals surface area contributed by atoms with E-state index in [1.807, 2.05) is 48.5 Å². The van der Waals surface area contributed by atoms with Gasteiger partial charge in [0.25, 0.3) is 0 Å². The molecule has 0 aliphatic carbocycles. The topological polar surface area (TPSA) is 102 Å². The predicted octanol–water partition coefficient (Wildman–Crippen LogP) is 2.97. The van der Waals surface area contributed by atoms with Gasteiger partial charge in [-0.3, -0.25) is 4.79 Å². The second-order valence-corrected chi connectivity index (χ2v) is 7.61. The van der Waals surface area contributed by atoms with Crippen molar-refractivity contribution in [2.75, 3.05) is 23.3 Å². The van der Waals surface area contributed by atoms with Gasteiger partial charge in [0, 0.05) is 43.0 Å². The molecule has 0 bridgehead atoms. The quantitative estimate of drug-likeness (QED) is 0.523. The van der Waals surface area contributed by atoms with Crippen LogP contribution in [-0.4, -0.2) is 48.9 Å². The molecule has 1 amide bonds. The minimum absolute atomic E-state index is 0.0275. The minimum atomic E-state index is -0.0779. The van der Waals surface area contributed by atoms with E-state index < -0.39 is 0 Å². The van der Waals surface area contributed by atoms with E-state index in [2.05, 4.69) is 35.5 Å². The van der Waals surface area contributed by atoms with Gasteiger partial charge in [0.15, 0.2) is 11.6 Å². The Bertz CT molecular complexity index is 1170. The summed E-state index contributed by atoms with van der Waals surface area (Å²) in [4.78, 5) is 23.3. The number of nitrogens with zero attached hydrogens (tertiary/aromatic N) is 7. The molecular weight excluding hydrogens is 404 g/mol. The maximum absolute atomic E-state index is 12.8. The van der Waals surface area contributed by atoms with Gasteiger partial charge < -0.3 is 10.2 Å². The van der Waals surface area contributed by atoms with E-state index >= 15 is 0 Å². The lowest BCUT2D eigenvalue weighted by Gasteiger charge is -2.31. The molecule has 160 valence electrons. The van der Waals surface area contributed by atoms with Crippen LogP contribution >= 0.6 is 0 Å². The molecular formula is C23H22N8O. The summed E-state index contributed by atoms with van der Waals surface area (Å²) < 4.78 is 1.62. The van der Waals surface area contributed by atoms with Crippen LogP contribution in [0, 0.1) is 5.92 Å². The molecule has 32 heavy (non-hydrogen) atoms. The van der Waals surface area contributed by atoms with Crippen molar-refractivity contribution in [1.29, 1.82) is 0 Å². The van der Waals surface area contributed by atoms with Crippen molar-refractivity contribution in [3.63, 3.8) is 0 Å². The summed E-state index contributed by atoms with van der Waals surface area (Å²) in [7, 11) is 0. The summed E-state index contributed by atoms with van der Waals surface area (Å²) in [5.41, 5.74) is 1.89. The Hall–Kier alpha value is -4.14. The van der Waals surface area contributed by atoms with Crippen molar-refractivity contribution in [1.82, 2.24) is 29.9 Å². The second-order valence-electron chi connectivity index (χ2n) is 7.61. The van der Waals surface area contributed by atoms with Gasteiger partial charge in [-0.2, -0.15) is 5.10 Å². The molecule has 4 aromatic rings. The first kappa shape index (κ1) is 19.8. The Balaban J connectivity index is 1.18. The van der Waals surface area contributed by atoms with Gasteiger partial charge in [-0.25, -0.2) is 14.6 Å². The predicted molar refractivity (Wildman–Crippen MR) is 120 cm³/mol. The van der Waals surface area contributed by atoms with Gasteiger partial charge in [0.1, 0.15) is 12.1 Å². The highest BCUT2D eigenvalue weighted by Gasteiger charge is 2.26. The number of hydrogen-bond donors (Lipinski definition) is 1. The van der Waals surface area contributed by atoms with Crippen LogP contribution in [0.1, 0.15) is 12.8 Å². The molecule has 0 atom stereocenters. The second kappa shape index (κ2) is 8.93. The lowest BCUT2D eigenvalue weighted by molar-refractivity contribution is -0.120. The van der Waals surface area contributed by atoms with E-state index in [1.165, 1.54) is 6.33 Å². The lowest BCUT2D eigenvalue weighted by atomic mass is 9.96. The van der Waals surface area contributed by atoms with E-state index in [0.717, 1.165) is 43.0 Å². The Labute approximate surface area is 185 Å². The molecule has 0 unspecified atom stereocenters. The van der Waals surface area contributed by atoms with Gasteiger partial charge in [-0.1, -0.05) is 30.3 Å². The fraction of sp³-hybridized carbons (Fsp3) is 0.217. The maximum Gasteiger partial charge on any atom is 0.228 e. The molecule has 0 radical (unpaired) electrons.